The number of halogens is 7. The molecule has 1 aliphatic heterocycles. The number of rotatable bonds is 3. The first-order chi connectivity index (χ1) is 15.2. The molecule has 1 heterocycles. The highest BCUT2D eigenvalue weighted by Crippen LogP contribution is 2.45. The first-order valence-corrected chi connectivity index (χ1v) is 10.7. The average molecular weight is 568 g/mol. The van der Waals surface area contributed by atoms with Crippen molar-refractivity contribution in [2.24, 2.45) is 0 Å². The molecular formula is C17H14Cl5F2N5O4. The Bertz CT molecular complexity index is 1110. The Labute approximate surface area is 210 Å². The zero-order chi connectivity index (χ0) is 25.2. The van der Waals surface area contributed by atoms with E-state index in [9.17, 15) is 29.0 Å². The molecule has 1 fully saturated rings. The van der Waals surface area contributed by atoms with Crippen LogP contribution in [0.3, 0.4) is 0 Å². The van der Waals surface area contributed by atoms with Crippen molar-refractivity contribution in [2.45, 2.75) is 18.8 Å². The van der Waals surface area contributed by atoms with Gasteiger partial charge in [0.05, 0.1) is 40.6 Å². The number of nitrogens with zero attached hydrogens (tertiary/aromatic N) is 3. The summed E-state index contributed by atoms with van der Waals surface area (Å²) in [6.45, 7) is 0.118. The van der Waals surface area contributed by atoms with Gasteiger partial charge in [-0.25, -0.2) is 8.78 Å². The van der Waals surface area contributed by atoms with Crippen LogP contribution >= 0.6 is 58.0 Å². The van der Waals surface area contributed by atoms with Crippen LogP contribution in [0.15, 0.2) is 12.1 Å². The number of nitrogen functional groups attached to an aromatic ring is 2. The van der Waals surface area contributed by atoms with Gasteiger partial charge in [0.2, 0.25) is 0 Å². The van der Waals surface area contributed by atoms with E-state index in [-0.39, 0.29) is 73.8 Å². The third-order valence-electron chi connectivity index (χ3n) is 4.59. The molecule has 0 spiro atoms. The number of nitro groups is 2. The van der Waals surface area contributed by atoms with E-state index in [1.54, 1.807) is 4.90 Å². The van der Waals surface area contributed by atoms with Gasteiger partial charge in [0.15, 0.2) is 0 Å². The van der Waals surface area contributed by atoms with E-state index in [2.05, 4.69) is 0 Å². The van der Waals surface area contributed by atoms with Gasteiger partial charge >= 0.3 is 0 Å². The fourth-order valence-corrected chi connectivity index (χ4v) is 4.14. The summed E-state index contributed by atoms with van der Waals surface area (Å²) in [5.74, 6) is -2.71. The van der Waals surface area contributed by atoms with Gasteiger partial charge in [-0.1, -0.05) is 58.0 Å². The number of benzene rings is 2. The molecule has 0 radical (unpaired) electrons. The van der Waals surface area contributed by atoms with Crippen molar-refractivity contribution in [1.82, 2.24) is 0 Å². The second-order valence-corrected chi connectivity index (χ2v) is 8.68. The predicted octanol–water partition coefficient (Wildman–Crippen LogP) is 6.86. The Kier molecular flexibility index (Phi) is 8.63. The molecule has 0 unspecified atom stereocenters. The minimum atomic E-state index is -2.71. The van der Waals surface area contributed by atoms with Crippen LogP contribution in [0, 0.1) is 20.2 Å². The molecular weight excluding hydrogens is 553 g/mol. The molecule has 0 bridgehead atoms. The summed E-state index contributed by atoms with van der Waals surface area (Å²) in [6, 6.07) is 2.15. The van der Waals surface area contributed by atoms with E-state index in [1.807, 2.05) is 0 Å². The van der Waals surface area contributed by atoms with Crippen LogP contribution in [-0.2, 0) is 0 Å². The second kappa shape index (κ2) is 10.5. The summed E-state index contributed by atoms with van der Waals surface area (Å²) >= 11 is 28.7. The maximum atomic E-state index is 13.1. The van der Waals surface area contributed by atoms with Crippen LogP contribution in [0.1, 0.15) is 12.8 Å². The van der Waals surface area contributed by atoms with Gasteiger partial charge in [-0.2, -0.15) is 0 Å². The zero-order valence-corrected chi connectivity index (χ0v) is 20.0. The zero-order valence-electron chi connectivity index (χ0n) is 16.3. The lowest BCUT2D eigenvalue weighted by molar-refractivity contribution is -0.384. The predicted molar refractivity (Wildman–Crippen MR) is 126 cm³/mol. The second-order valence-electron chi connectivity index (χ2n) is 6.73. The number of nitro benzene ring substituents is 2. The number of hydrogen-bond donors (Lipinski definition) is 2. The summed E-state index contributed by atoms with van der Waals surface area (Å²) < 4.78 is 26.3. The molecule has 0 aromatic heterocycles. The molecule has 2 aromatic carbocycles. The van der Waals surface area contributed by atoms with E-state index < -0.39 is 21.5 Å². The molecule has 1 aliphatic rings. The molecule has 180 valence electrons. The highest BCUT2D eigenvalue weighted by atomic mass is 35.5. The van der Waals surface area contributed by atoms with Crippen molar-refractivity contribution in [1.29, 1.82) is 0 Å². The Morgan fingerprint density at radius 1 is 0.818 bits per heavy atom. The lowest BCUT2D eigenvalue weighted by Crippen LogP contribution is -2.39. The molecule has 0 aliphatic carbocycles. The van der Waals surface area contributed by atoms with E-state index in [0.29, 0.717) is 0 Å². The fourth-order valence-electron chi connectivity index (χ4n) is 2.86. The normalized spacial score (nSPS) is 14.9. The van der Waals surface area contributed by atoms with Crippen molar-refractivity contribution >= 4 is 86.4 Å². The number of hydrogen-bond acceptors (Lipinski definition) is 7. The summed E-state index contributed by atoms with van der Waals surface area (Å²) in [5.41, 5.74) is 10.1. The average Bonchev–Trinajstić information content (AvgIpc) is 2.73. The SMILES string of the molecule is Nc1c([N+](=O)[O-])cc(Cl)c(Cl)c1Cl.Nc1c([N+](=O)[O-])cc(Cl)c(N2CCC(F)(F)CC2)c1Cl. The number of piperidine rings is 1. The Hall–Kier alpha value is -2.05. The molecule has 9 nitrogen and oxygen atoms in total. The molecule has 0 amide bonds. The monoisotopic (exact) mass is 565 g/mol. The molecule has 0 saturated carbocycles. The van der Waals surface area contributed by atoms with Gasteiger partial charge in [0.1, 0.15) is 11.4 Å². The largest absolute Gasteiger partial charge is 0.392 e. The first-order valence-electron chi connectivity index (χ1n) is 8.80. The van der Waals surface area contributed by atoms with E-state index >= 15 is 0 Å². The fraction of sp³-hybridized carbons (Fsp3) is 0.294. The number of nitrogens with two attached hydrogens (primary N) is 2. The van der Waals surface area contributed by atoms with Crippen molar-refractivity contribution in [3.8, 4) is 0 Å². The molecule has 1 saturated heterocycles. The quantitative estimate of drug-likeness (QED) is 0.179. The Morgan fingerprint density at radius 2 is 1.24 bits per heavy atom. The van der Waals surface area contributed by atoms with Gasteiger partial charge in [0, 0.05) is 38.1 Å². The number of alkyl halides is 2. The summed E-state index contributed by atoms with van der Waals surface area (Å²) in [6.07, 6.45) is -0.646. The topological polar surface area (TPSA) is 142 Å². The summed E-state index contributed by atoms with van der Waals surface area (Å²) in [7, 11) is 0. The van der Waals surface area contributed by atoms with Crippen molar-refractivity contribution in [3.63, 3.8) is 0 Å². The Morgan fingerprint density at radius 3 is 1.70 bits per heavy atom. The first kappa shape index (κ1) is 27.2. The lowest BCUT2D eigenvalue weighted by atomic mass is 10.1. The molecule has 3 rings (SSSR count). The molecule has 16 heteroatoms. The van der Waals surface area contributed by atoms with Crippen LogP contribution in [-0.4, -0.2) is 28.9 Å². The summed E-state index contributed by atoms with van der Waals surface area (Å²) in [5, 5.41) is 21.1. The van der Waals surface area contributed by atoms with Crippen molar-refractivity contribution < 1.29 is 18.6 Å². The minimum absolute atomic E-state index is 0.00701. The van der Waals surface area contributed by atoms with E-state index in [4.69, 9.17) is 69.5 Å². The standard InChI is InChI=1S/C11H11Cl2F2N3O2.C6H3Cl3N2O2/c12-6-5-7(18(19)20)9(16)8(13)10(6)17-3-1-11(14,15)2-4-17;7-2-1-3(11(12)13)6(10)5(9)4(2)8/h5H,1-4,16H2;1H,10H2. The van der Waals surface area contributed by atoms with Gasteiger partial charge in [-0.3, -0.25) is 20.2 Å². The molecule has 33 heavy (non-hydrogen) atoms. The van der Waals surface area contributed by atoms with E-state index in [0.717, 1.165) is 12.1 Å². The van der Waals surface area contributed by atoms with Crippen LogP contribution in [0.2, 0.25) is 25.1 Å². The highest BCUT2D eigenvalue weighted by molar-refractivity contribution is 6.49. The van der Waals surface area contributed by atoms with Crippen LogP contribution in [0.5, 0.6) is 0 Å². The van der Waals surface area contributed by atoms with E-state index in [1.165, 1.54) is 0 Å². The van der Waals surface area contributed by atoms with Crippen LogP contribution in [0.25, 0.3) is 0 Å². The minimum Gasteiger partial charge on any atom is -0.392 e. The summed E-state index contributed by atoms with van der Waals surface area (Å²) in [4.78, 5) is 21.4. The van der Waals surface area contributed by atoms with Crippen LogP contribution in [0.4, 0.5) is 37.2 Å². The van der Waals surface area contributed by atoms with Crippen molar-refractivity contribution in [2.75, 3.05) is 29.5 Å². The maximum Gasteiger partial charge on any atom is 0.295 e. The Balaban J connectivity index is 0.000000257. The van der Waals surface area contributed by atoms with Gasteiger partial charge < -0.3 is 16.4 Å². The molecule has 2 aromatic rings. The third kappa shape index (κ3) is 6.10. The maximum absolute atomic E-state index is 13.1. The van der Waals surface area contributed by atoms with Gasteiger partial charge in [0.25, 0.3) is 17.3 Å². The smallest absolute Gasteiger partial charge is 0.295 e. The molecule has 4 N–H and O–H groups in total. The van der Waals surface area contributed by atoms with Crippen molar-refractivity contribution in [3.05, 3.63) is 57.5 Å². The lowest BCUT2D eigenvalue weighted by Gasteiger charge is -2.34. The number of anilines is 3. The van der Waals surface area contributed by atoms with Gasteiger partial charge in [-0.15, -0.1) is 0 Å². The molecule has 0 atom stereocenters. The van der Waals surface area contributed by atoms with Crippen LogP contribution < -0.4 is 16.4 Å². The highest BCUT2D eigenvalue weighted by Gasteiger charge is 2.36. The third-order valence-corrected chi connectivity index (χ3v) is 6.54. The van der Waals surface area contributed by atoms with Gasteiger partial charge in [-0.05, 0) is 0 Å².